The van der Waals surface area contributed by atoms with Crippen molar-refractivity contribution < 1.29 is 4.79 Å². The van der Waals surface area contributed by atoms with Crippen LogP contribution in [0.5, 0.6) is 0 Å². The zero-order valence-corrected chi connectivity index (χ0v) is 14.3. The van der Waals surface area contributed by atoms with Crippen molar-refractivity contribution in [3.8, 4) is 5.82 Å². The van der Waals surface area contributed by atoms with E-state index in [1.165, 1.54) is 0 Å². The standard InChI is InChI=1S/C19H21N5O/c1-23(2)18(16-7-4-3-5-8-16)19(25)21-14-15-9-11-20-17(13-15)24-12-6-10-22-24/h3-13,18H,14H2,1-2H3,(H,21,25)/t18-/m1/s1. The van der Waals surface area contributed by atoms with Crippen LogP contribution in [0, 0.1) is 0 Å². The van der Waals surface area contributed by atoms with E-state index in [0.29, 0.717) is 6.54 Å². The van der Waals surface area contributed by atoms with Crippen LogP contribution in [0.2, 0.25) is 0 Å². The number of hydrogen-bond donors (Lipinski definition) is 1. The van der Waals surface area contributed by atoms with Crippen molar-refractivity contribution in [2.75, 3.05) is 14.1 Å². The van der Waals surface area contributed by atoms with Gasteiger partial charge in [0.15, 0.2) is 5.82 Å². The largest absolute Gasteiger partial charge is 0.350 e. The topological polar surface area (TPSA) is 63.1 Å². The molecule has 1 aromatic carbocycles. The second-order valence-corrected chi connectivity index (χ2v) is 5.97. The van der Waals surface area contributed by atoms with Crippen LogP contribution in [0.3, 0.4) is 0 Å². The molecule has 1 atom stereocenters. The molecule has 0 saturated carbocycles. The second kappa shape index (κ2) is 7.72. The van der Waals surface area contributed by atoms with E-state index >= 15 is 0 Å². The number of amides is 1. The summed E-state index contributed by atoms with van der Waals surface area (Å²) in [5.74, 6) is 0.692. The summed E-state index contributed by atoms with van der Waals surface area (Å²) in [7, 11) is 3.80. The number of hydrogen-bond acceptors (Lipinski definition) is 4. The number of likely N-dealkylation sites (N-methyl/N-ethyl adjacent to an activating group) is 1. The van der Waals surface area contributed by atoms with Crippen molar-refractivity contribution >= 4 is 5.91 Å². The molecule has 25 heavy (non-hydrogen) atoms. The van der Waals surface area contributed by atoms with E-state index < -0.39 is 0 Å². The first-order chi connectivity index (χ1) is 12.1. The Balaban J connectivity index is 1.70. The van der Waals surface area contributed by atoms with Gasteiger partial charge < -0.3 is 5.32 Å². The van der Waals surface area contributed by atoms with Crippen LogP contribution < -0.4 is 5.32 Å². The summed E-state index contributed by atoms with van der Waals surface area (Å²) in [5, 5.41) is 7.19. The van der Waals surface area contributed by atoms with E-state index in [1.807, 2.05) is 73.7 Å². The molecule has 0 spiro atoms. The third-order valence-corrected chi connectivity index (χ3v) is 3.90. The van der Waals surface area contributed by atoms with Crippen LogP contribution in [-0.2, 0) is 11.3 Å². The van der Waals surface area contributed by atoms with Gasteiger partial charge in [0, 0.05) is 25.1 Å². The van der Waals surface area contributed by atoms with Gasteiger partial charge in [-0.1, -0.05) is 30.3 Å². The van der Waals surface area contributed by atoms with Gasteiger partial charge in [0.2, 0.25) is 5.91 Å². The average Bonchev–Trinajstić information content (AvgIpc) is 3.16. The van der Waals surface area contributed by atoms with Crippen LogP contribution >= 0.6 is 0 Å². The summed E-state index contributed by atoms with van der Waals surface area (Å²) in [6, 6.07) is 15.1. The minimum Gasteiger partial charge on any atom is -0.350 e. The van der Waals surface area contributed by atoms with Crippen molar-refractivity contribution in [3.63, 3.8) is 0 Å². The molecular formula is C19H21N5O. The number of carbonyl (C=O) groups is 1. The highest BCUT2D eigenvalue weighted by Gasteiger charge is 2.22. The van der Waals surface area contributed by atoms with Crippen molar-refractivity contribution in [3.05, 3.63) is 78.2 Å². The lowest BCUT2D eigenvalue weighted by Crippen LogP contribution is -2.36. The number of pyridine rings is 1. The molecule has 0 aliphatic carbocycles. The van der Waals surface area contributed by atoms with Gasteiger partial charge in [-0.25, -0.2) is 9.67 Å². The summed E-state index contributed by atoms with van der Waals surface area (Å²) in [6.07, 6.45) is 5.26. The van der Waals surface area contributed by atoms with Gasteiger partial charge in [-0.15, -0.1) is 0 Å². The smallest absolute Gasteiger partial charge is 0.242 e. The van der Waals surface area contributed by atoms with E-state index in [0.717, 1.165) is 16.9 Å². The molecule has 6 nitrogen and oxygen atoms in total. The molecular weight excluding hydrogens is 314 g/mol. The average molecular weight is 335 g/mol. The fraction of sp³-hybridized carbons (Fsp3) is 0.211. The lowest BCUT2D eigenvalue weighted by Gasteiger charge is -2.23. The number of aromatic nitrogens is 3. The van der Waals surface area contributed by atoms with Crippen LogP contribution in [0.4, 0.5) is 0 Å². The minimum atomic E-state index is -0.325. The summed E-state index contributed by atoms with van der Waals surface area (Å²) in [5.41, 5.74) is 1.94. The molecule has 1 amide bonds. The summed E-state index contributed by atoms with van der Waals surface area (Å²) >= 11 is 0. The van der Waals surface area contributed by atoms with Crippen LogP contribution in [0.1, 0.15) is 17.2 Å². The predicted molar refractivity (Wildman–Crippen MR) is 96.1 cm³/mol. The molecule has 2 aromatic heterocycles. The van der Waals surface area contributed by atoms with Gasteiger partial charge in [0.05, 0.1) is 0 Å². The van der Waals surface area contributed by atoms with Crippen molar-refractivity contribution in [2.45, 2.75) is 12.6 Å². The maximum absolute atomic E-state index is 12.7. The number of nitrogens with zero attached hydrogens (tertiary/aromatic N) is 4. The SMILES string of the molecule is CN(C)[C@@H](C(=O)NCc1ccnc(-n2cccn2)c1)c1ccccc1. The molecule has 0 unspecified atom stereocenters. The molecule has 0 aliphatic rings. The highest BCUT2D eigenvalue weighted by molar-refractivity contribution is 5.83. The summed E-state index contributed by atoms with van der Waals surface area (Å²) in [4.78, 5) is 18.9. The van der Waals surface area contributed by atoms with Gasteiger partial charge in [-0.05, 0) is 43.4 Å². The van der Waals surface area contributed by atoms with Gasteiger partial charge in [0.25, 0.3) is 0 Å². The van der Waals surface area contributed by atoms with Gasteiger partial charge in [-0.3, -0.25) is 9.69 Å². The Morgan fingerprint density at radius 2 is 1.96 bits per heavy atom. The molecule has 3 aromatic rings. The summed E-state index contributed by atoms with van der Waals surface area (Å²) < 4.78 is 1.69. The van der Waals surface area contributed by atoms with Crippen LogP contribution in [0.25, 0.3) is 5.82 Å². The summed E-state index contributed by atoms with van der Waals surface area (Å²) in [6.45, 7) is 0.437. The van der Waals surface area contributed by atoms with Crippen molar-refractivity contribution in [1.29, 1.82) is 0 Å². The fourth-order valence-corrected chi connectivity index (χ4v) is 2.71. The number of nitrogens with one attached hydrogen (secondary N) is 1. The molecule has 0 saturated heterocycles. The van der Waals surface area contributed by atoms with Crippen LogP contribution in [-0.4, -0.2) is 39.7 Å². The number of carbonyl (C=O) groups excluding carboxylic acids is 1. The van der Waals surface area contributed by atoms with E-state index in [9.17, 15) is 4.79 Å². The first kappa shape index (κ1) is 16.9. The monoisotopic (exact) mass is 335 g/mol. The molecule has 128 valence electrons. The van der Waals surface area contributed by atoms with Crippen molar-refractivity contribution in [2.24, 2.45) is 0 Å². The molecule has 6 heteroatoms. The fourth-order valence-electron chi connectivity index (χ4n) is 2.71. The Hall–Kier alpha value is -2.99. The Labute approximate surface area is 147 Å². The third kappa shape index (κ3) is 4.10. The van der Waals surface area contributed by atoms with E-state index in [4.69, 9.17) is 0 Å². The maximum Gasteiger partial charge on any atom is 0.242 e. The lowest BCUT2D eigenvalue weighted by atomic mass is 10.1. The van der Waals surface area contributed by atoms with E-state index in [1.54, 1.807) is 17.1 Å². The molecule has 0 bridgehead atoms. The second-order valence-electron chi connectivity index (χ2n) is 5.97. The molecule has 3 rings (SSSR count). The predicted octanol–water partition coefficient (Wildman–Crippen LogP) is 2.19. The lowest BCUT2D eigenvalue weighted by molar-refractivity contribution is -0.125. The molecule has 1 N–H and O–H groups in total. The highest BCUT2D eigenvalue weighted by Crippen LogP contribution is 2.18. The van der Waals surface area contributed by atoms with Crippen LogP contribution in [0.15, 0.2) is 67.1 Å². The zero-order valence-electron chi connectivity index (χ0n) is 14.3. The maximum atomic E-state index is 12.7. The Morgan fingerprint density at radius 1 is 1.16 bits per heavy atom. The third-order valence-electron chi connectivity index (χ3n) is 3.90. The van der Waals surface area contributed by atoms with E-state index in [-0.39, 0.29) is 11.9 Å². The first-order valence-electron chi connectivity index (χ1n) is 8.09. The van der Waals surface area contributed by atoms with Gasteiger partial charge in [-0.2, -0.15) is 5.10 Å². The Bertz CT molecular complexity index is 815. The number of benzene rings is 1. The van der Waals surface area contributed by atoms with Gasteiger partial charge >= 0.3 is 0 Å². The quantitative estimate of drug-likeness (QED) is 0.750. The zero-order chi connectivity index (χ0) is 17.6. The highest BCUT2D eigenvalue weighted by atomic mass is 16.2. The molecule has 0 aliphatic heterocycles. The van der Waals surface area contributed by atoms with Gasteiger partial charge in [0.1, 0.15) is 6.04 Å². The van der Waals surface area contributed by atoms with E-state index in [2.05, 4.69) is 15.4 Å². The number of rotatable bonds is 6. The van der Waals surface area contributed by atoms with Crippen molar-refractivity contribution in [1.82, 2.24) is 25.0 Å². The molecule has 0 radical (unpaired) electrons. The molecule has 2 heterocycles. The first-order valence-corrected chi connectivity index (χ1v) is 8.09. The minimum absolute atomic E-state index is 0.0337. The Kier molecular flexibility index (Phi) is 5.20. The Morgan fingerprint density at radius 3 is 2.64 bits per heavy atom. The molecule has 0 fully saturated rings. The normalized spacial score (nSPS) is 12.1.